The van der Waals surface area contributed by atoms with Crippen molar-refractivity contribution in [2.45, 2.75) is 32.1 Å². The molecule has 1 unspecified atom stereocenters. The number of benzene rings is 1. The summed E-state index contributed by atoms with van der Waals surface area (Å²) in [5.41, 5.74) is 0.00476. The van der Waals surface area contributed by atoms with Gasteiger partial charge in [0.15, 0.2) is 0 Å². The van der Waals surface area contributed by atoms with Crippen LogP contribution in [0.1, 0.15) is 27.2 Å². The van der Waals surface area contributed by atoms with E-state index in [1.54, 1.807) is 17.5 Å². The second kappa shape index (κ2) is 8.87. The molecule has 0 bridgehead atoms. The molecule has 1 rings (SSSR count). The summed E-state index contributed by atoms with van der Waals surface area (Å²) in [5.74, 6) is 0. The Kier molecular flexibility index (Phi) is 7.50. The quantitative estimate of drug-likeness (QED) is 0.429. The van der Waals surface area contributed by atoms with Crippen LogP contribution in [0.5, 0.6) is 0 Å². The highest BCUT2D eigenvalue weighted by Crippen LogP contribution is 2.16. The highest BCUT2D eigenvalue weighted by Gasteiger charge is 2.12. The van der Waals surface area contributed by atoms with E-state index in [1.807, 2.05) is 6.92 Å². The molecule has 0 aliphatic heterocycles. The molecule has 0 heterocycles. The van der Waals surface area contributed by atoms with Crippen LogP contribution in [0.3, 0.4) is 0 Å². The fraction of sp³-hybridized carbons (Fsp3) is 0.533. The van der Waals surface area contributed by atoms with Crippen LogP contribution < -0.4 is 4.72 Å². The first kappa shape index (κ1) is 18.6. The van der Waals surface area contributed by atoms with Gasteiger partial charge in [0.1, 0.15) is 0 Å². The Balaban J connectivity index is 2.98. The van der Waals surface area contributed by atoms with Crippen molar-refractivity contribution in [2.24, 2.45) is 0 Å². The maximum atomic E-state index is 13.1. The van der Waals surface area contributed by atoms with E-state index in [0.717, 1.165) is 19.6 Å². The number of rotatable bonds is 9. The molecule has 1 atom stereocenters. The molecule has 0 fully saturated rings. The smallest absolute Gasteiger partial charge is 0.269 e. The normalized spacial score (nSPS) is 13.8. The second-order valence-electron chi connectivity index (χ2n) is 4.83. The lowest BCUT2D eigenvalue weighted by Crippen LogP contribution is -2.28. The fourth-order valence-electron chi connectivity index (χ4n) is 2.16. The average molecular weight is 327 g/mol. The molecule has 0 aromatic heterocycles. The molecule has 0 saturated carbocycles. The molecule has 7 heteroatoms. The predicted octanol–water partition coefficient (Wildman–Crippen LogP) is 2.30. The van der Waals surface area contributed by atoms with Crippen LogP contribution in [0.2, 0.25) is 0 Å². The molecule has 1 N–H and O–H groups in total. The standard InChI is InChI=1S/C15H25N3O3S/c1-4-16-22(21,13-7-12-17(5-2)6-3)15-10-8-14(9-11-15)18(19)20/h8-11,13H,4-7,12H2,1-3H3,(H,16,21). The van der Waals surface area contributed by atoms with Crippen LogP contribution in [-0.2, 0) is 9.71 Å². The maximum absolute atomic E-state index is 13.1. The van der Waals surface area contributed by atoms with E-state index >= 15 is 0 Å². The maximum Gasteiger partial charge on any atom is 0.269 e. The monoisotopic (exact) mass is 327 g/mol. The molecule has 6 nitrogen and oxygen atoms in total. The number of nitrogens with one attached hydrogen (secondary N) is 1. The third kappa shape index (κ3) is 5.08. The zero-order chi connectivity index (χ0) is 16.6. The van der Waals surface area contributed by atoms with Gasteiger partial charge in [0.25, 0.3) is 5.69 Å². The fourth-order valence-corrected chi connectivity index (χ4v) is 4.05. The van der Waals surface area contributed by atoms with E-state index in [-0.39, 0.29) is 5.69 Å². The van der Waals surface area contributed by atoms with E-state index < -0.39 is 14.6 Å². The summed E-state index contributed by atoms with van der Waals surface area (Å²) in [4.78, 5) is 13.1. The van der Waals surface area contributed by atoms with Crippen molar-refractivity contribution in [1.82, 2.24) is 9.62 Å². The number of nitro groups is 1. The lowest BCUT2D eigenvalue weighted by atomic mass is 10.3. The van der Waals surface area contributed by atoms with E-state index in [4.69, 9.17) is 0 Å². The van der Waals surface area contributed by atoms with Gasteiger partial charge in [-0.15, -0.1) is 0 Å². The Morgan fingerprint density at radius 1 is 1.23 bits per heavy atom. The van der Waals surface area contributed by atoms with Crippen LogP contribution >= 0.6 is 0 Å². The minimum absolute atomic E-state index is 0.00476. The second-order valence-corrected chi connectivity index (χ2v) is 7.13. The van der Waals surface area contributed by atoms with Crippen molar-refractivity contribution in [1.29, 1.82) is 0 Å². The van der Waals surface area contributed by atoms with Gasteiger partial charge in [-0.05, 0) is 37.0 Å². The largest absolute Gasteiger partial charge is 0.304 e. The predicted molar refractivity (Wildman–Crippen MR) is 91.7 cm³/mol. The summed E-state index contributed by atoms with van der Waals surface area (Å²) in [5, 5.41) is 12.5. The van der Waals surface area contributed by atoms with Gasteiger partial charge in [-0.2, -0.15) is 0 Å². The van der Waals surface area contributed by atoms with Crippen molar-refractivity contribution in [3.05, 3.63) is 34.4 Å². The van der Waals surface area contributed by atoms with Gasteiger partial charge in [0.2, 0.25) is 0 Å². The summed E-state index contributed by atoms with van der Waals surface area (Å²) in [6, 6.07) is 5.92. The average Bonchev–Trinajstić information content (AvgIpc) is 2.52. The van der Waals surface area contributed by atoms with Gasteiger partial charge >= 0.3 is 0 Å². The van der Waals surface area contributed by atoms with Gasteiger partial charge in [-0.1, -0.05) is 20.8 Å². The molecule has 22 heavy (non-hydrogen) atoms. The van der Waals surface area contributed by atoms with Crippen LogP contribution in [0, 0.1) is 10.1 Å². The first-order valence-corrected chi connectivity index (χ1v) is 9.17. The number of nitro benzene ring substituents is 1. The molecule has 0 amide bonds. The first-order valence-electron chi connectivity index (χ1n) is 7.55. The molecule has 1 aromatic carbocycles. The van der Waals surface area contributed by atoms with Gasteiger partial charge < -0.3 is 4.90 Å². The number of hydrogen-bond acceptors (Lipinski definition) is 4. The van der Waals surface area contributed by atoms with Gasteiger partial charge in [0.05, 0.1) is 14.6 Å². The number of non-ortho nitro benzene ring substituents is 1. The van der Waals surface area contributed by atoms with Crippen molar-refractivity contribution in [2.75, 3.05) is 26.2 Å². The van der Waals surface area contributed by atoms with Crippen LogP contribution in [0.25, 0.3) is 0 Å². The minimum Gasteiger partial charge on any atom is -0.304 e. The minimum atomic E-state index is -2.50. The lowest BCUT2D eigenvalue weighted by molar-refractivity contribution is -0.384. The Morgan fingerprint density at radius 3 is 2.27 bits per heavy atom. The number of hydrogen-bond donors (Lipinski definition) is 1. The van der Waals surface area contributed by atoms with Crippen LogP contribution in [-0.4, -0.2) is 45.6 Å². The molecule has 0 aliphatic rings. The van der Waals surface area contributed by atoms with Crippen molar-refractivity contribution in [3.8, 4) is 0 Å². The van der Waals surface area contributed by atoms with E-state index in [0.29, 0.717) is 17.9 Å². The Hall–Kier alpha value is -1.44. The molecule has 0 spiro atoms. The van der Waals surface area contributed by atoms with E-state index in [9.17, 15) is 14.3 Å². The number of nitrogens with zero attached hydrogens (tertiary/aromatic N) is 2. The highest BCUT2D eigenvalue weighted by molar-refractivity contribution is 7.99. The molecular formula is C15H25N3O3S. The third-order valence-electron chi connectivity index (χ3n) is 3.45. The van der Waals surface area contributed by atoms with Crippen LogP contribution in [0.15, 0.2) is 29.2 Å². The molecule has 1 aromatic rings. The molecule has 0 saturated heterocycles. The third-order valence-corrected chi connectivity index (χ3v) is 5.84. The summed E-state index contributed by atoms with van der Waals surface area (Å²) in [7, 11) is -2.50. The zero-order valence-corrected chi connectivity index (χ0v) is 14.3. The summed E-state index contributed by atoms with van der Waals surface area (Å²) in [6.07, 6.45) is 0.699. The molecule has 0 aliphatic carbocycles. The highest BCUT2D eigenvalue weighted by atomic mass is 32.2. The zero-order valence-electron chi connectivity index (χ0n) is 13.4. The molecule has 124 valence electrons. The summed E-state index contributed by atoms with van der Waals surface area (Å²) < 4.78 is 16.1. The first-order chi connectivity index (χ1) is 10.5. The Morgan fingerprint density at radius 2 is 1.82 bits per heavy atom. The Labute approximate surface area is 132 Å². The van der Waals surface area contributed by atoms with E-state index in [2.05, 4.69) is 23.5 Å². The van der Waals surface area contributed by atoms with Crippen molar-refractivity contribution in [3.63, 3.8) is 0 Å². The van der Waals surface area contributed by atoms with E-state index in [1.165, 1.54) is 12.1 Å². The summed E-state index contributed by atoms with van der Waals surface area (Å²) in [6.45, 7) is 9.43. The molecular weight excluding hydrogens is 302 g/mol. The molecule has 0 radical (unpaired) electrons. The van der Waals surface area contributed by atoms with Gasteiger partial charge in [-0.25, -0.2) is 8.93 Å². The van der Waals surface area contributed by atoms with Gasteiger partial charge in [-0.3, -0.25) is 10.1 Å². The lowest BCUT2D eigenvalue weighted by Gasteiger charge is -2.18. The van der Waals surface area contributed by atoms with Crippen LogP contribution in [0.4, 0.5) is 5.69 Å². The Bertz CT molecular complexity index is 589. The van der Waals surface area contributed by atoms with Gasteiger partial charge in [0, 0.05) is 30.1 Å². The summed E-state index contributed by atoms with van der Waals surface area (Å²) >= 11 is 0. The van der Waals surface area contributed by atoms with Crippen molar-refractivity contribution < 1.29 is 9.13 Å². The van der Waals surface area contributed by atoms with Crippen molar-refractivity contribution >= 4 is 20.8 Å². The topological polar surface area (TPSA) is 75.5 Å². The SMILES string of the molecule is CCNS(=O)(=CCCN(CC)CC)c1ccc([N+](=O)[O-])cc1.